The smallest absolute Gasteiger partial charge is 0.280 e. The topological polar surface area (TPSA) is 103 Å². The zero-order chi connectivity index (χ0) is 24.9. The molecule has 0 bridgehead atoms. The van der Waals surface area contributed by atoms with Gasteiger partial charge in [0.2, 0.25) is 0 Å². The quantitative estimate of drug-likeness (QED) is 0.216. The Hall–Kier alpha value is -3.53. The third-order valence-corrected chi connectivity index (χ3v) is 6.56. The molecule has 0 radical (unpaired) electrons. The van der Waals surface area contributed by atoms with E-state index in [1.54, 1.807) is 18.2 Å². The summed E-state index contributed by atoms with van der Waals surface area (Å²) in [5, 5.41) is 15.3. The van der Waals surface area contributed by atoms with Crippen LogP contribution in [0.2, 0.25) is 10.0 Å². The van der Waals surface area contributed by atoms with Gasteiger partial charge in [0.15, 0.2) is 16.7 Å². The van der Waals surface area contributed by atoms with Gasteiger partial charge in [-0.3, -0.25) is 14.9 Å². The second kappa shape index (κ2) is 10.8. The lowest BCUT2D eigenvalue weighted by Crippen LogP contribution is -2.19. The molecule has 0 atom stereocenters. The van der Waals surface area contributed by atoms with Crippen molar-refractivity contribution < 1.29 is 19.2 Å². The Morgan fingerprint density at radius 2 is 1.89 bits per heavy atom. The molecule has 8 nitrogen and oxygen atoms in total. The number of amides is 1. The van der Waals surface area contributed by atoms with E-state index < -0.39 is 10.8 Å². The maximum atomic E-state index is 12.5. The first-order valence-electron chi connectivity index (χ1n) is 10.1. The highest BCUT2D eigenvalue weighted by Crippen LogP contribution is 2.39. The molecule has 3 aromatic rings. The Labute approximate surface area is 214 Å². The first-order valence-corrected chi connectivity index (χ1v) is 11.7. The summed E-state index contributed by atoms with van der Waals surface area (Å²) in [7, 11) is 1.43. The SMILES string of the molecule is COc1cc(C=C2SC(=Nc3cccc(Cl)c3Cl)NC2=O)c([N+](=O)[O-])cc1OCc1ccccc1. The van der Waals surface area contributed by atoms with E-state index in [9.17, 15) is 14.9 Å². The number of carbonyl (C=O) groups excluding carboxylic acids is 1. The van der Waals surface area contributed by atoms with Crippen LogP contribution in [0.3, 0.4) is 0 Å². The van der Waals surface area contributed by atoms with Crippen LogP contribution < -0.4 is 14.8 Å². The summed E-state index contributed by atoms with van der Waals surface area (Å²) in [5.74, 6) is 0.0533. The predicted molar refractivity (Wildman–Crippen MR) is 138 cm³/mol. The largest absolute Gasteiger partial charge is 0.493 e. The number of hydrogen-bond acceptors (Lipinski definition) is 7. The molecule has 178 valence electrons. The van der Waals surface area contributed by atoms with Crippen molar-refractivity contribution >= 4 is 63.5 Å². The van der Waals surface area contributed by atoms with E-state index in [0.717, 1.165) is 17.3 Å². The lowest BCUT2D eigenvalue weighted by molar-refractivity contribution is -0.385. The minimum Gasteiger partial charge on any atom is -0.493 e. The number of carbonyl (C=O) groups is 1. The van der Waals surface area contributed by atoms with Crippen LogP contribution >= 0.6 is 35.0 Å². The number of ether oxygens (including phenoxy) is 2. The Morgan fingerprint density at radius 1 is 1.11 bits per heavy atom. The second-order valence-corrected chi connectivity index (χ2v) is 8.96. The standard InChI is InChI=1S/C24H17Cl2N3O5S/c1-33-19-10-15(18(29(31)32)12-20(19)34-13-14-6-3-2-4-7-14)11-21-23(30)28-24(35-21)27-17-9-5-8-16(25)22(17)26/h2-12H,13H2,1H3,(H,27,28,30). The highest BCUT2D eigenvalue weighted by molar-refractivity contribution is 8.18. The number of halogens is 2. The molecule has 0 aromatic heterocycles. The number of nitrogens with zero attached hydrogens (tertiary/aromatic N) is 2. The summed E-state index contributed by atoms with van der Waals surface area (Å²) >= 11 is 13.2. The lowest BCUT2D eigenvalue weighted by atomic mass is 10.1. The van der Waals surface area contributed by atoms with Gasteiger partial charge in [-0.05, 0) is 41.6 Å². The fourth-order valence-electron chi connectivity index (χ4n) is 3.16. The van der Waals surface area contributed by atoms with Crippen LogP contribution in [0, 0.1) is 10.1 Å². The summed E-state index contributed by atoms with van der Waals surface area (Å²) in [6.45, 7) is 0.207. The number of amidine groups is 1. The van der Waals surface area contributed by atoms with Crippen molar-refractivity contribution in [2.45, 2.75) is 6.61 Å². The van der Waals surface area contributed by atoms with E-state index in [1.807, 2.05) is 30.3 Å². The van der Waals surface area contributed by atoms with Crippen LogP contribution in [0.15, 0.2) is 70.6 Å². The predicted octanol–water partition coefficient (Wildman–Crippen LogP) is 6.38. The highest BCUT2D eigenvalue weighted by Gasteiger charge is 2.27. The molecule has 1 N–H and O–H groups in total. The van der Waals surface area contributed by atoms with Gasteiger partial charge in [0.05, 0.1) is 44.3 Å². The van der Waals surface area contributed by atoms with E-state index in [1.165, 1.54) is 25.3 Å². The second-order valence-electron chi connectivity index (χ2n) is 7.15. The van der Waals surface area contributed by atoms with E-state index in [0.29, 0.717) is 16.5 Å². The molecule has 4 rings (SSSR count). The van der Waals surface area contributed by atoms with Gasteiger partial charge in [0, 0.05) is 0 Å². The molecule has 1 aliphatic rings. The molecule has 35 heavy (non-hydrogen) atoms. The Bertz CT molecular complexity index is 1360. The van der Waals surface area contributed by atoms with Crippen molar-refractivity contribution in [1.29, 1.82) is 0 Å². The van der Waals surface area contributed by atoms with E-state index in [2.05, 4.69) is 10.3 Å². The average Bonchev–Trinajstić information content (AvgIpc) is 3.19. The Kier molecular flexibility index (Phi) is 7.60. The lowest BCUT2D eigenvalue weighted by Gasteiger charge is -2.12. The van der Waals surface area contributed by atoms with Crippen LogP contribution in [0.1, 0.15) is 11.1 Å². The molecule has 3 aromatic carbocycles. The van der Waals surface area contributed by atoms with Crippen LogP contribution in [0.25, 0.3) is 6.08 Å². The molecule has 0 aliphatic carbocycles. The average molecular weight is 530 g/mol. The Morgan fingerprint density at radius 3 is 2.60 bits per heavy atom. The number of rotatable bonds is 7. The zero-order valence-electron chi connectivity index (χ0n) is 18.2. The van der Waals surface area contributed by atoms with E-state index in [4.69, 9.17) is 32.7 Å². The fourth-order valence-corrected chi connectivity index (χ4v) is 4.32. The number of thioether (sulfide) groups is 1. The normalized spacial score (nSPS) is 15.3. The van der Waals surface area contributed by atoms with Gasteiger partial charge < -0.3 is 14.8 Å². The summed E-state index contributed by atoms with van der Waals surface area (Å²) in [6.07, 6.45) is 1.41. The number of nitro benzene ring substituents is 1. The number of nitrogens with one attached hydrogen (secondary N) is 1. The highest BCUT2D eigenvalue weighted by atomic mass is 35.5. The first-order chi connectivity index (χ1) is 16.9. The molecule has 0 spiro atoms. The van der Waals surface area contributed by atoms with Gasteiger partial charge in [0.25, 0.3) is 11.6 Å². The molecule has 1 fully saturated rings. The van der Waals surface area contributed by atoms with Crippen molar-refractivity contribution in [3.05, 3.63) is 96.9 Å². The number of hydrogen-bond donors (Lipinski definition) is 1. The van der Waals surface area contributed by atoms with Crippen LogP contribution in [-0.2, 0) is 11.4 Å². The zero-order valence-corrected chi connectivity index (χ0v) is 20.5. The van der Waals surface area contributed by atoms with E-state index >= 15 is 0 Å². The molecule has 11 heteroatoms. The summed E-state index contributed by atoms with van der Waals surface area (Å²) in [5.41, 5.74) is 1.22. The molecular weight excluding hydrogens is 513 g/mol. The number of aliphatic imine (C=N–C) groups is 1. The van der Waals surface area contributed by atoms with Crippen molar-refractivity contribution in [3.8, 4) is 11.5 Å². The van der Waals surface area contributed by atoms with Gasteiger partial charge >= 0.3 is 0 Å². The summed E-state index contributed by atoms with van der Waals surface area (Å²) < 4.78 is 11.2. The third kappa shape index (κ3) is 5.76. The molecule has 1 saturated heterocycles. The van der Waals surface area contributed by atoms with Crippen molar-refractivity contribution in [2.75, 3.05) is 7.11 Å². The summed E-state index contributed by atoms with van der Waals surface area (Å²) in [4.78, 5) is 28.3. The van der Waals surface area contributed by atoms with Gasteiger partial charge in [-0.25, -0.2) is 4.99 Å². The fraction of sp³-hybridized carbons (Fsp3) is 0.0833. The maximum absolute atomic E-state index is 12.5. The third-order valence-electron chi connectivity index (χ3n) is 4.84. The van der Waals surface area contributed by atoms with Crippen LogP contribution in [-0.4, -0.2) is 23.1 Å². The van der Waals surface area contributed by atoms with Gasteiger partial charge in [0.1, 0.15) is 6.61 Å². The monoisotopic (exact) mass is 529 g/mol. The van der Waals surface area contributed by atoms with Crippen molar-refractivity contribution in [1.82, 2.24) is 5.32 Å². The maximum Gasteiger partial charge on any atom is 0.280 e. The van der Waals surface area contributed by atoms with Crippen molar-refractivity contribution in [2.24, 2.45) is 4.99 Å². The molecule has 1 heterocycles. The van der Waals surface area contributed by atoms with Crippen LogP contribution in [0.5, 0.6) is 11.5 Å². The first kappa shape index (κ1) is 24.6. The summed E-state index contributed by atoms with van der Waals surface area (Å²) in [6, 6.07) is 17.1. The minimum absolute atomic E-state index is 0.179. The van der Waals surface area contributed by atoms with E-state index in [-0.39, 0.29) is 38.7 Å². The number of nitro groups is 1. The molecule has 1 aliphatic heterocycles. The molecule has 1 amide bonds. The van der Waals surface area contributed by atoms with Gasteiger partial charge in [-0.15, -0.1) is 0 Å². The van der Waals surface area contributed by atoms with Gasteiger partial charge in [-0.2, -0.15) is 0 Å². The minimum atomic E-state index is -0.542. The van der Waals surface area contributed by atoms with Crippen LogP contribution in [0.4, 0.5) is 11.4 Å². The molecule has 0 unspecified atom stereocenters. The Balaban J connectivity index is 1.64. The van der Waals surface area contributed by atoms with Crippen molar-refractivity contribution in [3.63, 3.8) is 0 Å². The number of benzene rings is 3. The van der Waals surface area contributed by atoms with Gasteiger partial charge in [-0.1, -0.05) is 59.6 Å². The number of methoxy groups -OCH3 is 1. The molecular formula is C24H17Cl2N3O5S. The molecule has 0 saturated carbocycles.